The Morgan fingerprint density at radius 3 is 2.95 bits per heavy atom. The van der Waals surface area contributed by atoms with E-state index in [0.29, 0.717) is 11.6 Å². The lowest BCUT2D eigenvalue weighted by Gasteiger charge is -2.05. The Balaban J connectivity index is 1.77. The first-order valence-electron chi connectivity index (χ1n) is 6.78. The maximum absolute atomic E-state index is 11.3. The van der Waals surface area contributed by atoms with Crippen molar-refractivity contribution in [1.82, 2.24) is 19.7 Å². The third-order valence-electron chi connectivity index (χ3n) is 3.58. The molecule has 0 bridgehead atoms. The zero-order valence-corrected chi connectivity index (χ0v) is 12.2. The number of fused-ring (bicyclic) bond motifs is 2. The first kappa shape index (κ1) is 13.0. The Morgan fingerprint density at radius 2 is 2.05 bits per heavy atom. The van der Waals surface area contributed by atoms with Gasteiger partial charge in [-0.1, -0.05) is 17.7 Å². The van der Waals surface area contributed by atoms with Gasteiger partial charge in [0.15, 0.2) is 0 Å². The molecule has 0 aliphatic rings. The number of benzene rings is 1. The van der Waals surface area contributed by atoms with Gasteiger partial charge in [0, 0.05) is 17.6 Å². The molecule has 4 aromatic rings. The van der Waals surface area contributed by atoms with Crippen molar-refractivity contribution in [2.45, 2.75) is 6.54 Å². The molecule has 0 radical (unpaired) electrons. The van der Waals surface area contributed by atoms with Gasteiger partial charge < -0.3 is 4.98 Å². The van der Waals surface area contributed by atoms with Crippen LogP contribution in [0.1, 0.15) is 5.56 Å². The minimum absolute atomic E-state index is 0.126. The molecule has 3 heterocycles. The summed E-state index contributed by atoms with van der Waals surface area (Å²) in [6.45, 7) is 0.609. The van der Waals surface area contributed by atoms with E-state index in [1.54, 1.807) is 18.5 Å². The van der Waals surface area contributed by atoms with Crippen molar-refractivity contribution in [2.24, 2.45) is 0 Å². The number of nitrogens with zero attached hydrogens (tertiary/aromatic N) is 3. The molecule has 0 fully saturated rings. The Bertz CT molecular complexity index is 1050. The Hall–Kier alpha value is -2.66. The van der Waals surface area contributed by atoms with E-state index in [4.69, 9.17) is 11.6 Å². The van der Waals surface area contributed by atoms with Gasteiger partial charge in [0.1, 0.15) is 0 Å². The summed E-state index contributed by atoms with van der Waals surface area (Å²) in [4.78, 5) is 18.4. The van der Waals surface area contributed by atoms with Crippen LogP contribution >= 0.6 is 11.6 Å². The van der Waals surface area contributed by atoms with Crippen LogP contribution in [0.25, 0.3) is 21.9 Å². The molecule has 1 aromatic carbocycles. The summed E-state index contributed by atoms with van der Waals surface area (Å²) in [7, 11) is 0. The molecule has 1 N–H and O–H groups in total. The number of aromatic nitrogens is 4. The number of hydrogen-bond donors (Lipinski definition) is 1. The highest BCUT2D eigenvalue weighted by molar-refractivity contribution is 6.31. The third-order valence-corrected chi connectivity index (χ3v) is 3.78. The van der Waals surface area contributed by atoms with E-state index >= 15 is 0 Å². The van der Waals surface area contributed by atoms with E-state index in [2.05, 4.69) is 15.1 Å². The van der Waals surface area contributed by atoms with Crippen molar-refractivity contribution in [2.75, 3.05) is 0 Å². The topological polar surface area (TPSA) is 63.6 Å². The summed E-state index contributed by atoms with van der Waals surface area (Å²) in [5, 5.41) is 5.95. The molecule has 0 spiro atoms. The van der Waals surface area contributed by atoms with Gasteiger partial charge in [-0.2, -0.15) is 5.10 Å². The molecule has 0 aliphatic heterocycles. The number of hydrogen-bond acceptors (Lipinski definition) is 3. The normalized spacial score (nSPS) is 11.3. The second-order valence-corrected chi connectivity index (χ2v) is 5.54. The van der Waals surface area contributed by atoms with Crippen molar-refractivity contribution < 1.29 is 0 Å². The minimum atomic E-state index is -0.126. The number of halogens is 1. The molecule has 5 nitrogen and oxygen atoms in total. The van der Waals surface area contributed by atoms with E-state index in [-0.39, 0.29) is 5.56 Å². The zero-order valence-electron chi connectivity index (χ0n) is 11.5. The molecule has 0 aliphatic carbocycles. The Labute approximate surface area is 130 Å². The fourth-order valence-electron chi connectivity index (χ4n) is 2.55. The lowest BCUT2D eigenvalue weighted by Crippen LogP contribution is -2.05. The van der Waals surface area contributed by atoms with E-state index in [9.17, 15) is 4.79 Å². The number of aromatic amines is 1. The first-order chi connectivity index (χ1) is 10.7. The molecule has 3 aromatic heterocycles. The summed E-state index contributed by atoms with van der Waals surface area (Å²) in [6.07, 6.45) is 3.30. The van der Waals surface area contributed by atoms with Crippen molar-refractivity contribution in [3.05, 3.63) is 69.7 Å². The van der Waals surface area contributed by atoms with Crippen molar-refractivity contribution in [3.8, 4) is 0 Å². The van der Waals surface area contributed by atoms with Crippen molar-refractivity contribution >= 4 is 33.5 Å². The van der Waals surface area contributed by atoms with Crippen LogP contribution < -0.4 is 5.56 Å². The van der Waals surface area contributed by atoms with Gasteiger partial charge in [-0.25, -0.2) is 0 Å². The predicted octanol–water partition coefficient (Wildman–Crippen LogP) is 2.97. The van der Waals surface area contributed by atoms with Crippen LogP contribution in [-0.2, 0) is 6.54 Å². The van der Waals surface area contributed by atoms with Gasteiger partial charge in [0.2, 0.25) is 5.56 Å². The van der Waals surface area contributed by atoms with Crippen LogP contribution in [0.4, 0.5) is 0 Å². The highest BCUT2D eigenvalue weighted by atomic mass is 35.5. The maximum atomic E-state index is 11.3. The molecule has 6 heteroatoms. The molecular formula is C16H11ClN4O. The SMILES string of the molecule is O=c1ccc2c(cnn2Cc2ccc3ncc(Cl)cc3c2)[nH]1. The van der Waals surface area contributed by atoms with Gasteiger partial charge in [0.05, 0.1) is 34.3 Å². The van der Waals surface area contributed by atoms with Gasteiger partial charge in [-0.15, -0.1) is 0 Å². The van der Waals surface area contributed by atoms with Gasteiger partial charge in [-0.05, 0) is 29.8 Å². The summed E-state index contributed by atoms with van der Waals surface area (Å²) in [6, 6.07) is 11.2. The quantitative estimate of drug-likeness (QED) is 0.619. The molecule has 0 amide bonds. The van der Waals surface area contributed by atoms with Crippen LogP contribution in [0, 0.1) is 0 Å². The average molecular weight is 311 g/mol. The molecule has 0 atom stereocenters. The number of nitrogens with one attached hydrogen (secondary N) is 1. The summed E-state index contributed by atoms with van der Waals surface area (Å²) >= 11 is 5.99. The average Bonchev–Trinajstić information content (AvgIpc) is 2.89. The standard InChI is InChI=1S/C16H11ClN4O/c17-12-6-11-5-10(1-2-13(11)18-7-12)9-21-15-3-4-16(22)20-14(15)8-19-21/h1-8H,9H2,(H,20,22). The largest absolute Gasteiger partial charge is 0.319 e. The lowest BCUT2D eigenvalue weighted by molar-refractivity contribution is 0.712. The molecule has 108 valence electrons. The molecule has 0 saturated carbocycles. The third kappa shape index (κ3) is 2.25. The number of pyridine rings is 2. The van der Waals surface area contributed by atoms with E-state index in [0.717, 1.165) is 27.5 Å². The monoisotopic (exact) mass is 310 g/mol. The fraction of sp³-hybridized carbons (Fsp3) is 0.0625. The van der Waals surface area contributed by atoms with Gasteiger partial charge in [-0.3, -0.25) is 14.5 Å². The second-order valence-electron chi connectivity index (χ2n) is 5.10. The van der Waals surface area contributed by atoms with Crippen LogP contribution in [0.2, 0.25) is 5.02 Å². The predicted molar refractivity (Wildman–Crippen MR) is 86.2 cm³/mol. The van der Waals surface area contributed by atoms with Gasteiger partial charge >= 0.3 is 0 Å². The van der Waals surface area contributed by atoms with Crippen LogP contribution in [0.15, 0.2) is 53.6 Å². The highest BCUT2D eigenvalue weighted by Crippen LogP contribution is 2.19. The fourth-order valence-corrected chi connectivity index (χ4v) is 2.71. The van der Waals surface area contributed by atoms with E-state index < -0.39 is 0 Å². The molecular weight excluding hydrogens is 300 g/mol. The van der Waals surface area contributed by atoms with Crippen LogP contribution in [0.3, 0.4) is 0 Å². The maximum Gasteiger partial charge on any atom is 0.248 e. The Morgan fingerprint density at radius 1 is 1.14 bits per heavy atom. The second kappa shape index (κ2) is 4.96. The summed E-state index contributed by atoms with van der Waals surface area (Å²) < 4.78 is 1.85. The smallest absolute Gasteiger partial charge is 0.248 e. The van der Waals surface area contributed by atoms with E-state index in [1.807, 2.05) is 28.9 Å². The summed E-state index contributed by atoms with van der Waals surface area (Å²) in [5.41, 5.74) is 3.50. The molecule has 0 saturated heterocycles. The van der Waals surface area contributed by atoms with Gasteiger partial charge in [0.25, 0.3) is 0 Å². The first-order valence-corrected chi connectivity index (χ1v) is 7.16. The minimum Gasteiger partial charge on any atom is -0.319 e. The molecule has 0 unspecified atom stereocenters. The van der Waals surface area contributed by atoms with Crippen molar-refractivity contribution in [3.63, 3.8) is 0 Å². The highest BCUT2D eigenvalue weighted by Gasteiger charge is 2.05. The Kier molecular flexibility index (Phi) is 2.94. The molecule has 4 rings (SSSR count). The summed E-state index contributed by atoms with van der Waals surface area (Å²) in [5.74, 6) is 0. The van der Waals surface area contributed by atoms with Crippen LogP contribution in [-0.4, -0.2) is 19.7 Å². The van der Waals surface area contributed by atoms with Crippen molar-refractivity contribution in [1.29, 1.82) is 0 Å². The lowest BCUT2D eigenvalue weighted by atomic mass is 10.1. The molecule has 22 heavy (non-hydrogen) atoms. The number of rotatable bonds is 2. The zero-order chi connectivity index (χ0) is 15.1. The number of H-pyrrole nitrogens is 1. The van der Waals surface area contributed by atoms with Crippen LogP contribution in [0.5, 0.6) is 0 Å². The van der Waals surface area contributed by atoms with E-state index in [1.165, 1.54) is 6.07 Å².